The molecule has 0 aromatic carbocycles. The zero-order chi connectivity index (χ0) is 12.7. The average Bonchev–Trinajstić information content (AvgIpc) is 2.36. The lowest BCUT2D eigenvalue weighted by molar-refractivity contribution is -0.125. The van der Waals surface area contributed by atoms with Crippen LogP contribution in [-0.2, 0) is 4.79 Å². The Hall–Kier alpha value is -1.42. The molecule has 0 fully saturated rings. The van der Waals surface area contributed by atoms with E-state index < -0.39 is 0 Å². The van der Waals surface area contributed by atoms with Crippen molar-refractivity contribution in [2.75, 3.05) is 6.54 Å². The molecule has 0 bridgehead atoms. The number of hydrogen-bond acceptors (Lipinski definition) is 3. The second-order valence-electron chi connectivity index (χ2n) is 4.35. The largest absolute Gasteiger partial charge is 0.349 e. The second kappa shape index (κ2) is 7.01. The number of pyridine rings is 1. The van der Waals surface area contributed by atoms with Gasteiger partial charge in [-0.3, -0.25) is 9.78 Å². The van der Waals surface area contributed by atoms with E-state index in [0.717, 1.165) is 18.4 Å². The SMILES string of the molecule is CC(CCCN)C(=O)N[C@@H](C)c1cccnc1. The zero-order valence-electron chi connectivity index (χ0n) is 10.5. The van der Waals surface area contributed by atoms with E-state index in [0.29, 0.717) is 6.54 Å². The number of nitrogens with zero attached hydrogens (tertiary/aromatic N) is 1. The van der Waals surface area contributed by atoms with Crippen molar-refractivity contribution in [3.8, 4) is 0 Å². The van der Waals surface area contributed by atoms with Crippen molar-refractivity contribution in [1.29, 1.82) is 0 Å². The highest BCUT2D eigenvalue weighted by Crippen LogP contribution is 2.12. The van der Waals surface area contributed by atoms with E-state index in [9.17, 15) is 4.79 Å². The summed E-state index contributed by atoms with van der Waals surface area (Å²) in [5.41, 5.74) is 6.45. The van der Waals surface area contributed by atoms with Gasteiger partial charge in [-0.1, -0.05) is 13.0 Å². The van der Waals surface area contributed by atoms with Gasteiger partial charge in [-0.15, -0.1) is 0 Å². The summed E-state index contributed by atoms with van der Waals surface area (Å²) in [6.45, 7) is 4.53. The molecule has 4 heteroatoms. The molecule has 1 aromatic heterocycles. The lowest BCUT2D eigenvalue weighted by Gasteiger charge is -2.17. The van der Waals surface area contributed by atoms with Crippen molar-refractivity contribution in [3.05, 3.63) is 30.1 Å². The van der Waals surface area contributed by atoms with E-state index in [1.165, 1.54) is 0 Å². The molecule has 17 heavy (non-hydrogen) atoms. The van der Waals surface area contributed by atoms with E-state index in [-0.39, 0.29) is 17.9 Å². The molecule has 1 unspecified atom stereocenters. The van der Waals surface area contributed by atoms with E-state index in [1.807, 2.05) is 26.0 Å². The quantitative estimate of drug-likeness (QED) is 0.787. The van der Waals surface area contributed by atoms with Crippen LogP contribution in [0.2, 0.25) is 0 Å². The predicted molar refractivity (Wildman–Crippen MR) is 68.2 cm³/mol. The van der Waals surface area contributed by atoms with E-state index in [2.05, 4.69) is 10.3 Å². The van der Waals surface area contributed by atoms with Crippen molar-refractivity contribution in [2.24, 2.45) is 11.7 Å². The normalized spacial score (nSPS) is 14.1. The minimum Gasteiger partial charge on any atom is -0.349 e. The van der Waals surface area contributed by atoms with Gasteiger partial charge in [-0.2, -0.15) is 0 Å². The zero-order valence-corrected chi connectivity index (χ0v) is 10.5. The van der Waals surface area contributed by atoms with Gasteiger partial charge in [-0.25, -0.2) is 0 Å². The van der Waals surface area contributed by atoms with Crippen LogP contribution >= 0.6 is 0 Å². The first-order valence-corrected chi connectivity index (χ1v) is 6.05. The summed E-state index contributed by atoms with van der Waals surface area (Å²) in [6, 6.07) is 3.83. The van der Waals surface area contributed by atoms with Crippen molar-refractivity contribution in [3.63, 3.8) is 0 Å². The number of nitrogens with two attached hydrogens (primary N) is 1. The number of amides is 1. The Labute approximate surface area is 103 Å². The van der Waals surface area contributed by atoms with Crippen LogP contribution in [0.25, 0.3) is 0 Å². The van der Waals surface area contributed by atoms with E-state index in [1.54, 1.807) is 12.4 Å². The standard InChI is InChI=1S/C13H21N3O/c1-10(5-3-7-14)13(17)16-11(2)12-6-4-8-15-9-12/h4,6,8-11H,3,5,7,14H2,1-2H3,(H,16,17)/t10?,11-/m0/s1. The highest BCUT2D eigenvalue weighted by molar-refractivity contribution is 5.78. The van der Waals surface area contributed by atoms with Crippen LogP contribution in [0.3, 0.4) is 0 Å². The Kier molecular flexibility index (Phi) is 5.63. The number of carbonyl (C=O) groups is 1. The van der Waals surface area contributed by atoms with Gasteiger partial charge in [-0.05, 0) is 37.9 Å². The lowest BCUT2D eigenvalue weighted by Crippen LogP contribution is -2.31. The summed E-state index contributed by atoms with van der Waals surface area (Å²) >= 11 is 0. The highest BCUT2D eigenvalue weighted by atomic mass is 16.1. The summed E-state index contributed by atoms with van der Waals surface area (Å²) in [5, 5.41) is 2.99. The molecule has 1 amide bonds. The maximum absolute atomic E-state index is 11.9. The van der Waals surface area contributed by atoms with Gasteiger partial charge in [0.2, 0.25) is 5.91 Å². The number of nitrogens with one attached hydrogen (secondary N) is 1. The number of aromatic nitrogens is 1. The van der Waals surface area contributed by atoms with Crippen LogP contribution in [0.1, 0.15) is 38.3 Å². The molecule has 1 rings (SSSR count). The number of rotatable bonds is 6. The van der Waals surface area contributed by atoms with Crippen molar-refractivity contribution in [2.45, 2.75) is 32.7 Å². The summed E-state index contributed by atoms with van der Waals surface area (Å²) in [5.74, 6) is 0.0903. The molecule has 0 aliphatic carbocycles. The van der Waals surface area contributed by atoms with Gasteiger partial charge in [0, 0.05) is 18.3 Å². The third kappa shape index (κ3) is 4.53. The smallest absolute Gasteiger partial charge is 0.223 e. The first-order valence-electron chi connectivity index (χ1n) is 6.05. The Balaban J connectivity index is 2.46. The summed E-state index contributed by atoms with van der Waals surface area (Å²) in [7, 11) is 0. The third-order valence-corrected chi connectivity index (χ3v) is 2.83. The summed E-state index contributed by atoms with van der Waals surface area (Å²) in [4.78, 5) is 15.9. The molecule has 3 N–H and O–H groups in total. The molecule has 94 valence electrons. The molecular weight excluding hydrogens is 214 g/mol. The van der Waals surface area contributed by atoms with E-state index >= 15 is 0 Å². The van der Waals surface area contributed by atoms with Crippen LogP contribution in [0.4, 0.5) is 0 Å². The van der Waals surface area contributed by atoms with Crippen LogP contribution in [0.5, 0.6) is 0 Å². The fourth-order valence-corrected chi connectivity index (χ4v) is 1.63. The first-order chi connectivity index (χ1) is 8.15. The van der Waals surface area contributed by atoms with Gasteiger partial charge in [0.05, 0.1) is 6.04 Å². The first kappa shape index (κ1) is 13.6. The monoisotopic (exact) mass is 235 g/mol. The summed E-state index contributed by atoms with van der Waals surface area (Å²) in [6.07, 6.45) is 5.22. The van der Waals surface area contributed by atoms with Gasteiger partial charge < -0.3 is 11.1 Å². The molecule has 1 aromatic rings. The van der Waals surface area contributed by atoms with Gasteiger partial charge >= 0.3 is 0 Å². The third-order valence-electron chi connectivity index (χ3n) is 2.83. The minimum atomic E-state index is -0.00322. The molecule has 4 nitrogen and oxygen atoms in total. The van der Waals surface area contributed by atoms with Crippen molar-refractivity contribution >= 4 is 5.91 Å². The molecule has 0 radical (unpaired) electrons. The molecule has 1 heterocycles. The van der Waals surface area contributed by atoms with Crippen molar-refractivity contribution in [1.82, 2.24) is 10.3 Å². The van der Waals surface area contributed by atoms with E-state index in [4.69, 9.17) is 5.73 Å². The maximum Gasteiger partial charge on any atom is 0.223 e. The van der Waals surface area contributed by atoms with Crippen LogP contribution in [-0.4, -0.2) is 17.4 Å². The van der Waals surface area contributed by atoms with Crippen molar-refractivity contribution < 1.29 is 4.79 Å². The molecule has 0 saturated carbocycles. The van der Waals surface area contributed by atoms with Gasteiger partial charge in [0.25, 0.3) is 0 Å². The topological polar surface area (TPSA) is 68.0 Å². The Morgan fingerprint density at radius 2 is 2.29 bits per heavy atom. The second-order valence-corrected chi connectivity index (χ2v) is 4.35. The lowest BCUT2D eigenvalue weighted by atomic mass is 10.0. The summed E-state index contributed by atoms with van der Waals surface area (Å²) < 4.78 is 0. The Morgan fingerprint density at radius 1 is 1.53 bits per heavy atom. The predicted octanol–water partition coefficient (Wildman–Crippen LogP) is 1.63. The molecule has 0 aliphatic rings. The molecule has 0 saturated heterocycles. The molecule has 2 atom stereocenters. The molecular formula is C13H21N3O. The minimum absolute atomic E-state index is 0.00322. The average molecular weight is 235 g/mol. The van der Waals surface area contributed by atoms with Crippen LogP contribution in [0.15, 0.2) is 24.5 Å². The van der Waals surface area contributed by atoms with Crippen LogP contribution in [0, 0.1) is 5.92 Å². The fraction of sp³-hybridized carbons (Fsp3) is 0.538. The molecule has 0 spiro atoms. The molecule has 0 aliphatic heterocycles. The highest BCUT2D eigenvalue weighted by Gasteiger charge is 2.15. The fourth-order valence-electron chi connectivity index (χ4n) is 1.63. The number of hydrogen-bond donors (Lipinski definition) is 2. The Morgan fingerprint density at radius 3 is 2.88 bits per heavy atom. The van der Waals surface area contributed by atoms with Gasteiger partial charge in [0.15, 0.2) is 0 Å². The number of carbonyl (C=O) groups excluding carboxylic acids is 1. The van der Waals surface area contributed by atoms with Crippen LogP contribution < -0.4 is 11.1 Å². The Bertz CT molecular complexity index is 340. The maximum atomic E-state index is 11.9. The van der Waals surface area contributed by atoms with Gasteiger partial charge in [0.1, 0.15) is 0 Å².